The Balaban J connectivity index is 2.99. The van der Waals surface area contributed by atoms with Gasteiger partial charge in [-0.15, -0.1) is 0 Å². The lowest BCUT2D eigenvalue weighted by molar-refractivity contribution is -0.0351. The summed E-state index contributed by atoms with van der Waals surface area (Å²) in [7, 11) is 0. The van der Waals surface area contributed by atoms with Crippen LogP contribution in [-0.4, -0.2) is 38.5 Å². The van der Waals surface area contributed by atoms with Crippen molar-refractivity contribution in [1.82, 2.24) is 5.32 Å². The molecule has 0 amide bonds. The van der Waals surface area contributed by atoms with Gasteiger partial charge in [-0.1, -0.05) is 6.92 Å². The van der Waals surface area contributed by atoms with Crippen molar-refractivity contribution in [2.75, 3.05) is 32.9 Å². The van der Waals surface area contributed by atoms with Crippen LogP contribution in [0.4, 0.5) is 0 Å². The van der Waals surface area contributed by atoms with Gasteiger partial charge in [-0.25, -0.2) is 0 Å². The van der Waals surface area contributed by atoms with Crippen molar-refractivity contribution in [3.8, 4) is 0 Å². The van der Waals surface area contributed by atoms with E-state index in [0.717, 1.165) is 26.1 Å². The average molecular weight is 231 g/mol. The van der Waals surface area contributed by atoms with Gasteiger partial charge in [0.1, 0.15) is 0 Å². The Morgan fingerprint density at radius 3 is 2.31 bits per heavy atom. The van der Waals surface area contributed by atoms with Crippen LogP contribution in [0.5, 0.6) is 0 Å². The minimum atomic E-state index is -0.0482. The van der Waals surface area contributed by atoms with Crippen molar-refractivity contribution in [3.63, 3.8) is 0 Å². The first kappa shape index (κ1) is 15.9. The Hall–Kier alpha value is -0.120. The molecule has 3 nitrogen and oxygen atoms in total. The molecule has 0 aliphatic carbocycles. The molecule has 0 radical (unpaired) electrons. The van der Waals surface area contributed by atoms with Gasteiger partial charge < -0.3 is 14.8 Å². The third-order valence-corrected chi connectivity index (χ3v) is 2.08. The van der Waals surface area contributed by atoms with Crippen LogP contribution in [0.25, 0.3) is 0 Å². The Morgan fingerprint density at radius 1 is 0.938 bits per heavy atom. The first-order valence-electron chi connectivity index (χ1n) is 6.48. The summed E-state index contributed by atoms with van der Waals surface area (Å²) in [5.74, 6) is 0. The molecule has 0 saturated carbocycles. The smallest absolute Gasteiger partial charge is 0.0707 e. The van der Waals surface area contributed by atoms with Crippen molar-refractivity contribution in [1.29, 1.82) is 0 Å². The van der Waals surface area contributed by atoms with E-state index in [9.17, 15) is 0 Å². The highest BCUT2D eigenvalue weighted by atomic mass is 16.5. The molecule has 0 aromatic rings. The lowest BCUT2D eigenvalue weighted by Gasteiger charge is -2.19. The molecule has 0 spiro atoms. The summed E-state index contributed by atoms with van der Waals surface area (Å²) in [5, 5.41) is 3.38. The van der Waals surface area contributed by atoms with E-state index >= 15 is 0 Å². The van der Waals surface area contributed by atoms with Crippen LogP contribution in [0.1, 0.15) is 47.0 Å². The minimum Gasteiger partial charge on any atom is -0.379 e. The van der Waals surface area contributed by atoms with Crippen LogP contribution < -0.4 is 5.32 Å². The summed E-state index contributed by atoms with van der Waals surface area (Å²) in [5.41, 5.74) is -0.0482. The Morgan fingerprint density at radius 2 is 1.69 bits per heavy atom. The molecule has 0 aliphatic heterocycles. The number of hydrogen-bond acceptors (Lipinski definition) is 3. The van der Waals surface area contributed by atoms with E-state index in [1.165, 1.54) is 12.8 Å². The van der Waals surface area contributed by atoms with E-state index in [-0.39, 0.29) is 5.60 Å². The number of rotatable bonds is 10. The standard InChI is InChI=1S/C13H29NO2/c1-5-8-14-9-6-7-10-15-11-12-16-13(2,3)4/h14H,5-12H2,1-4H3. The van der Waals surface area contributed by atoms with Crippen molar-refractivity contribution in [2.45, 2.75) is 52.6 Å². The fourth-order valence-corrected chi connectivity index (χ4v) is 1.26. The summed E-state index contributed by atoms with van der Waals surface area (Å²) in [6.45, 7) is 12.9. The summed E-state index contributed by atoms with van der Waals surface area (Å²) in [6, 6.07) is 0. The fraction of sp³-hybridized carbons (Fsp3) is 1.00. The molecule has 0 bridgehead atoms. The second kappa shape index (κ2) is 10.1. The molecule has 0 aromatic heterocycles. The second-order valence-corrected chi connectivity index (χ2v) is 5.03. The molecule has 0 unspecified atom stereocenters. The van der Waals surface area contributed by atoms with Gasteiger partial charge in [-0.05, 0) is 53.1 Å². The molecule has 3 heteroatoms. The third kappa shape index (κ3) is 13.9. The molecule has 0 heterocycles. The van der Waals surface area contributed by atoms with Crippen LogP contribution >= 0.6 is 0 Å². The molecule has 98 valence electrons. The van der Waals surface area contributed by atoms with E-state index in [0.29, 0.717) is 13.2 Å². The van der Waals surface area contributed by atoms with Gasteiger partial charge in [0, 0.05) is 6.61 Å². The zero-order chi connectivity index (χ0) is 12.3. The van der Waals surface area contributed by atoms with Crippen molar-refractivity contribution >= 4 is 0 Å². The summed E-state index contributed by atoms with van der Waals surface area (Å²) >= 11 is 0. The predicted octanol–water partition coefficient (Wildman–Crippen LogP) is 2.60. The average Bonchev–Trinajstić information content (AvgIpc) is 2.19. The lowest BCUT2D eigenvalue weighted by Crippen LogP contribution is -2.22. The van der Waals surface area contributed by atoms with Crippen molar-refractivity contribution < 1.29 is 9.47 Å². The van der Waals surface area contributed by atoms with Crippen LogP contribution in [0.15, 0.2) is 0 Å². The number of nitrogens with one attached hydrogen (secondary N) is 1. The molecule has 0 rings (SSSR count). The Labute approximate surface area is 101 Å². The first-order valence-corrected chi connectivity index (χ1v) is 6.48. The molecule has 0 saturated heterocycles. The molecular weight excluding hydrogens is 202 g/mol. The molecule has 0 aromatic carbocycles. The Bertz CT molecular complexity index is 143. The maximum absolute atomic E-state index is 5.55. The highest BCUT2D eigenvalue weighted by Gasteiger charge is 2.08. The largest absolute Gasteiger partial charge is 0.379 e. The zero-order valence-corrected chi connectivity index (χ0v) is 11.5. The van der Waals surface area contributed by atoms with Gasteiger partial charge in [-0.2, -0.15) is 0 Å². The van der Waals surface area contributed by atoms with E-state index < -0.39 is 0 Å². The normalized spacial score (nSPS) is 12.0. The van der Waals surface area contributed by atoms with E-state index in [2.05, 4.69) is 33.0 Å². The zero-order valence-electron chi connectivity index (χ0n) is 11.5. The number of unbranched alkanes of at least 4 members (excludes halogenated alkanes) is 1. The highest BCUT2D eigenvalue weighted by Crippen LogP contribution is 2.05. The van der Waals surface area contributed by atoms with Gasteiger partial charge in [0.2, 0.25) is 0 Å². The van der Waals surface area contributed by atoms with E-state index in [1.807, 2.05) is 0 Å². The molecule has 16 heavy (non-hydrogen) atoms. The number of hydrogen-bond donors (Lipinski definition) is 1. The van der Waals surface area contributed by atoms with Crippen LogP contribution in [0.2, 0.25) is 0 Å². The summed E-state index contributed by atoms with van der Waals surface area (Å²) in [6.07, 6.45) is 3.53. The molecule has 0 fully saturated rings. The SMILES string of the molecule is CCCNCCCCOCCOC(C)(C)C. The summed E-state index contributed by atoms with van der Waals surface area (Å²) < 4.78 is 11.0. The van der Waals surface area contributed by atoms with Gasteiger partial charge >= 0.3 is 0 Å². The maximum Gasteiger partial charge on any atom is 0.0707 e. The molecular formula is C13H29NO2. The van der Waals surface area contributed by atoms with Gasteiger partial charge in [0.05, 0.1) is 18.8 Å². The predicted molar refractivity (Wildman–Crippen MR) is 68.9 cm³/mol. The second-order valence-electron chi connectivity index (χ2n) is 5.03. The lowest BCUT2D eigenvalue weighted by atomic mass is 10.2. The Kier molecular flexibility index (Phi) is 9.99. The van der Waals surface area contributed by atoms with E-state index in [4.69, 9.17) is 9.47 Å². The van der Waals surface area contributed by atoms with Gasteiger partial charge in [0.15, 0.2) is 0 Å². The maximum atomic E-state index is 5.55. The molecule has 0 atom stereocenters. The van der Waals surface area contributed by atoms with Crippen molar-refractivity contribution in [2.24, 2.45) is 0 Å². The monoisotopic (exact) mass is 231 g/mol. The quantitative estimate of drug-likeness (QED) is 0.586. The number of ether oxygens (including phenoxy) is 2. The highest BCUT2D eigenvalue weighted by molar-refractivity contribution is 4.57. The van der Waals surface area contributed by atoms with Crippen molar-refractivity contribution in [3.05, 3.63) is 0 Å². The fourth-order valence-electron chi connectivity index (χ4n) is 1.26. The molecule has 0 aliphatic rings. The van der Waals surface area contributed by atoms with Crippen LogP contribution in [0, 0.1) is 0 Å². The van der Waals surface area contributed by atoms with Crippen LogP contribution in [-0.2, 0) is 9.47 Å². The molecule has 1 N–H and O–H groups in total. The minimum absolute atomic E-state index is 0.0482. The van der Waals surface area contributed by atoms with E-state index in [1.54, 1.807) is 0 Å². The van der Waals surface area contributed by atoms with Gasteiger partial charge in [-0.3, -0.25) is 0 Å². The summed E-state index contributed by atoms with van der Waals surface area (Å²) in [4.78, 5) is 0. The van der Waals surface area contributed by atoms with Gasteiger partial charge in [0.25, 0.3) is 0 Å². The third-order valence-electron chi connectivity index (χ3n) is 2.08. The topological polar surface area (TPSA) is 30.5 Å². The van der Waals surface area contributed by atoms with Crippen LogP contribution in [0.3, 0.4) is 0 Å². The first-order chi connectivity index (χ1) is 7.56.